The van der Waals surface area contributed by atoms with E-state index in [0.29, 0.717) is 18.9 Å². The second-order valence-corrected chi connectivity index (χ2v) is 4.93. The van der Waals surface area contributed by atoms with Crippen LogP contribution in [0.25, 0.3) is 0 Å². The Balaban J connectivity index is 1.95. The molecule has 0 saturated heterocycles. The van der Waals surface area contributed by atoms with Gasteiger partial charge in [0, 0.05) is 6.54 Å². The third kappa shape index (κ3) is 2.87. The first-order valence-corrected chi connectivity index (χ1v) is 6.50. The number of amides is 1. The first-order chi connectivity index (χ1) is 8.77. The van der Waals surface area contributed by atoms with Gasteiger partial charge in [-0.1, -0.05) is 30.8 Å². The minimum atomic E-state index is -0.403. The topological polar surface area (TPSA) is 94.0 Å². The summed E-state index contributed by atoms with van der Waals surface area (Å²) in [6, 6.07) is 0. The number of aromatic nitrogens is 2. The first kappa shape index (κ1) is 13.0. The fourth-order valence-electron chi connectivity index (χ4n) is 2.55. The Morgan fingerprint density at radius 2 is 2.11 bits per heavy atom. The van der Waals surface area contributed by atoms with Crippen LogP contribution in [0.4, 0.5) is 0 Å². The molecule has 0 spiro atoms. The number of carbonyl (C=O) groups is 1. The van der Waals surface area contributed by atoms with E-state index in [4.69, 9.17) is 5.73 Å². The molecule has 1 heterocycles. The number of carbonyl (C=O) groups excluding carboxylic acids is 1. The van der Waals surface area contributed by atoms with Crippen molar-refractivity contribution in [2.45, 2.75) is 45.1 Å². The maximum atomic E-state index is 12.3. The van der Waals surface area contributed by atoms with E-state index < -0.39 is 5.41 Å². The highest BCUT2D eigenvalue weighted by Crippen LogP contribution is 2.34. The molecule has 0 radical (unpaired) electrons. The molecule has 0 unspecified atom stereocenters. The standard InChI is InChI=1S/C12H20N4O2/c13-8-12(5-3-1-2-4-6-12)11(17)14-7-10-15-9-18-16-10/h9H,1-8,13H2,(H,14,17). The fraction of sp³-hybridized carbons (Fsp3) is 0.750. The monoisotopic (exact) mass is 252 g/mol. The van der Waals surface area contributed by atoms with Crippen LogP contribution in [0.3, 0.4) is 0 Å². The molecule has 0 bridgehead atoms. The normalized spacial score (nSPS) is 19.2. The summed E-state index contributed by atoms with van der Waals surface area (Å²) in [5.41, 5.74) is 5.44. The summed E-state index contributed by atoms with van der Waals surface area (Å²) in [6.45, 7) is 0.710. The van der Waals surface area contributed by atoms with Gasteiger partial charge in [-0.15, -0.1) is 0 Å². The highest BCUT2D eigenvalue weighted by molar-refractivity contribution is 5.82. The number of nitrogens with two attached hydrogens (primary N) is 1. The predicted octanol–water partition coefficient (Wildman–Crippen LogP) is 0.985. The smallest absolute Gasteiger partial charge is 0.227 e. The summed E-state index contributed by atoms with van der Waals surface area (Å²) in [5.74, 6) is 0.515. The molecule has 0 atom stereocenters. The molecule has 0 aliphatic heterocycles. The van der Waals surface area contributed by atoms with E-state index in [1.165, 1.54) is 19.2 Å². The molecule has 1 fully saturated rings. The third-order valence-corrected chi connectivity index (χ3v) is 3.75. The Morgan fingerprint density at radius 1 is 1.39 bits per heavy atom. The summed E-state index contributed by atoms with van der Waals surface area (Å²) in [4.78, 5) is 16.2. The van der Waals surface area contributed by atoms with Crippen LogP contribution in [0.15, 0.2) is 10.9 Å². The molecular formula is C12H20N4O2. The van der Waals surface area contributed by atoms with E-state index in [1.807, 2.05) is 0 Å². The zero-order chi connectivity index (χ0) is 12.8. The van der Waals surface area contributed by atoms with Crippen LogP contribution in [-0.2, 0) is 11.3 Å². The van der Waals surface area contributed by atoms with E-state index in [-0.39, 0.29) is 5.91 Å². The quantitative estimate of drug-likeness (QED) is 0.779. The lowest BCUT2D eigenvalue weighted by atomic mass is 9.79. The van der Waals surface area contributed by atoms with Gasteiger partial charge in [-0.25, -0.2) is 0 Å². The molecule has 1 saturated carbocycles. The number of rotatable bonds is 4. The third-order valence-electron chi connectivity index (χ3n) is 3.75. The minimum Gasteiger partial charge on any atom is -0.348 e. The van der Waals surface area contributed by atoms with Crippen molar-refractivity contribution in [3.63, 3.8) is 0 Å². The van der Waals surface area contributed by atoms with E-state index in [0.717, 1.165) is 25.7 Å². The summed E-state index contributed by atoms with van der Waals surface area (Å²) < 4.78 is 4.63. The van der Waals surface area contributed by atoms with Crippen LogP contribution in [0, 0.1) is 5.41 Å². The van der Waals surface area contributed by atoms with Crippen molar-refractivity contribution in [2.75, 3.05) is 6.54 Å². The second kappa shape index (κ2) is 5.95. The van der Waals surface area contributed by atoms with E-state index >= 15 is 0 Å². The Bertz CT molecular complexity index is 369. The molecule has 0 aromatic carbocycles. The van der Waals surface area contributed by atoms with Crippen LogP contribution in [0.2, 0.25) is 0 Å². The molecule has 3 N–H and O–H groups in total. The van der Waals surface area contributed by atoms with E-state index in [9.17, 15) is 4.79 Å². The molecule has 18 heavy (non-hydrogen) atoms. The molecule has 1 aliphatic rings. The van der Waals surface area contributed by atoms with Crippen LogP contribution in [0.5, 0.6) is 0 Å². The van der Waals surface area contributed by atoms with Gasteiger partial charge in [-0.05, 0) is 12.8 Å². The largest absolute Gasteiger partial charge is 0.348 e. The highest BCUT2D eigenvalue weighted by atomic mass is 16.5. The van der Waals surface area contributed by atoms with Gasteiger partial charge in [0.25, 0.3) is 0 Å². The maximum absolute atomic E-state index is 12.3. The highest BCUT2D eigenvalue weighted by Gasteiger charge is 2.37. The molecule has 100 valence electrons. The molecule has 2 rings (SSSR count). The van der Waals surface area contributed by atoms with Gasteiger partial charge in [0.05, 0.1) is 12.0 Å². The fourth-order valence-corrected chi connectivity index (χ4v) is 2.55. The lowest BCUT2D eigenvalue weighted by Crippen LogP contribution is -2.45. The van der Waals surface area contributed by atoms with E-state index in [1.54, 1.807) is 0 Å². The number of hydrogen-bond donors (Lipinski definition) is 2. The Hall–Kier alpha value is -1.43. The summed E-state index contributed by atoms with van der Waals surface area (Å²) >= 11 is 0. The van der Waals surface area contributed by atoms with E-state index in [2.05, 4.69) is 20.0 Å². The van der Waals surface area contributed by atoms with Crippen molar-refractivity contribution in [1.29, 1.82) is 0 Å². The van der Waals surface area contributed by atoms with Crippen molar-refractivity contribution in [3.05, 3.63) is 12.2 Å². The van der Waals surface area contributed by atoms with Crippen LogP contribution in [0.1, 0.15) is 44.3 Å². The molecule has 6 nitrogen and oxygen atoms in total. The lowest BCUT2D eigenvalue weighted by molar-refractivity contribution is -0.131. The average molecular weight is 252 g/mol. The van der Waals surface area contributed by atoms with Gasteiger partial charge in [-0.3, -0.25) is 4.79 Å². The number of nitrogens with zero attached hydrogens (tertiary/aromatic N) is 2. The lowest BCUT2D eigenvalue weighted by Gasteiger charge is -2.29. The Kier molecular flexibility index (Phi) is 4.30. The Morgan fingerprint density at radius 3 is 2.67 bits per heavy atom. The summed E-state index contributed by atoms with van der Waals surface area (Å²) in [5, 5.41) is 6.54. The van der Waals surface area contributed by atoms with Crippen LogP contribution < -0.4 is 11.1 Å². The van der Waals surface area contributed by atoms with Gasteiger partial charge in [0.1, 0.15) is 0 Å². The van der Waals surface area contributed by atoms with Crippen molar-refractivity contribution in [3.8, 4) is 0 Å². The minimum absolute atomic E-state index is 0.0247. The van der Waals surface area contributed by atoms with Crippen molar-refractivity contribution < 1.29 is 9.32 Å². The van der Waals surface area contributed by atoms with Crippen molar-refractivity contribution in [1.82, 2.24) is 15.5 Å². The van der Waals surface area contributed by atoms with Crippen molar-refractivity contribution >= 4 is 5.91 Å². The van der Waals surface area contributed by atoms with Gasteiger partial charge < -0.3 is 15.6 Å². The molecule has 1 aromatic rings. The van der Waals surface area contributed by atoms with Gasteiger partial charge in [0.2, 0.25) is 12.3 Å². The van der Waals surface area contributed by atoms with Crippen LogP contribution >= 0.6 is 0 Å². The summed E-state index contributed by atoms with van der Waals surface area (Å²) in [7, 11) is 0. The Labute approximate surface area is 106 Å². The number of hydrogen-bond acceptors (Lipinski definition) is 5. The zero-order valence-electron chi connectivity index (χ0n) is 10.5. The summed E-state index contributed by atoms with van der Waals surface area (Å²) in [6.07, 6.45) is 7.55. The zero-order valence-corrected chi connectivity index (χ0v) is 10.5. The number of nitrogens with one attached hydrogen (secondary N) is 1. The first-order valence-electron chi connectivity index (χ1n) is 6.50. The van der Waals surface area contributed by atoms with Gasteiger partial charge >= 0.3 is 0 Å². The molecule has 6 heteroatoms. The SMILES string of the molecule is NCC1(C(=O)NCc2ncon2)CCCCCC1. The predicted molar refractivity (Wildman–Crippen MR) is 65.3 cm³/mol. The molecular weight excluding hydrogens is 232 g/mol. The van der Waals surface area contributed by atoms with Gasteiger partial charge in [0.15, 0.2) is 5.82 Å². The van der Waals surface area contributed by atoms with Crippen LogP contribution in [-0.4, -0.2) is 22.6 Å². The average Bonchev–Trinajstić information content (AvgIpc) is 2.79. The molecule has 1 amide bonds. The van der Waals surface area contributed by atoms with Crippen molar-refractivity contribution in [2.24, 2.45) is 11.1 Å². The molecule has 1 aliphatic carbocycles. The molecule has 1 aromatic heterocycles. The maximum Gasteiger partial charge on any atom is 0.227 e. The second-order valence-electron chi connectivity index (χ2n) is 4.93. The van der Waals surface area contributed by atoms with Gasteiger partial charge in [-0.2, -0.15) is 4.98 Å².